The van der Waals surface area contributed by atoms with E-state index < -0.39 is 36.2 Å². The van der Waals surface area contributed by atoms with Crippen LogP contribution in [0.2, 0.25) is 5.02 Å². The summed E-state index contributed by atoms with van der Waals surface area (Å²) in [4.78, 5) is 49.1. The molecule has 0 radical (unpaired) electrons. The summed E-state index contributed by atoms with van der Waals surface area (Å²) in [5, 5.41) is 4.14. The Bertz CT molecular complexity index is 1060. The first kappa shape index (κ1) is 24.3. The van der Waals surface area contributed by atoms with Crippen molar-refractivity contribution in [1.82, 2.24) is 10.4 Å². The highest BCUT2D eigenvalue weighted by molar-refractivity contribution is 6.30. The fourth-order valence-corrected chi connectivity index (χ4v) is 3.49. The van der Waals surface area contributed by atoms with Crippen LogP contribution in [0, 0.1) is 5.92 Å². The van der Waals surface area contributed by atoms with Crippen LogP contribution < -0.4 is 10.7 Å². The van der Waals surface area contributed by atoms with Crippen LogP contribution in [0.4, 0.5) is 5.69 Å². The summed E-state index contributed by atoms with van der Waals surface area (Å²) in [5.74, 6) is -2.84. The Morgan fingerprint density at radius 1 is 1.12 bits per heavy atom. The number of hydrogen-bond donors (Lipinski definition) is 2. The van der Waals surface area contributed by atoms with E-state index in [1.165, 1.54) is 0 Å². The molecule has 0 aromatic heterocycles. The number of ether oxygens (including phenoxy) is 1. The standard InChI is InChI=1S/C24H26ClN3O5/c1-24(2,3)17-9-7-15(8-10-17)22(31)27-28-13-16(11-21(28)30)23(32)33-14-20(29)26-19-6-4-5-18(25)12-19/h4-10,12,16H,11,13-14H2,1-3H3,(H,26,29)(H,27,31)/t16-/m0/s1. The largest absolute Gasteiger partial charge is 0.455 e. The van der Waals surface area contributed by atoms with Crippen LogP contribution in [-0.2, 0) is 24.5 Å². The van der Waals surface area contributed by atoms with Gasteiger partial charge in [-0.25, -0.2) is 0 Å². The zero-order chi connectivity index (χ0) is 24.2. The van der Waals surface area contributed by atoms with E-state index in [4.69, 9.17) is 16.3 Å². The molecule has 0 spiro atoms. The van der Waals surface area contributed by atoms with E-state index in [-0.39, 0.29) is 18.4 Å². The third kappa shape index (κ3) is 6.55. The molecule has 1 fully saturated rings. The van der Waals surface area contributed by atoms with Crippen molar-refractivity contribution in [3.8, 4) is 0 Å². The second-order valence-electron chi connectivity index (χ2n) is 8.84. The third-order valence-electron chi connectivity index (χ3n) is 5.16. The van der Waals surface area contributed by atoms with Gasteiger partial charge in [-0.15, -0.1) is 0 Å². The van der Waals surface area contributed by atoms with Crippen LogP contribution in [0.3, 0.4) is 0 Å². The number of carbonyl (C=O) groups excluding carboxylic acids is 4. The highest BCUT2D eigenvalue weighted by Crippen LogP contribution is 2.23. The first-order valence-electron chi connectivity index (χ1n) is 10.5. The molecular formula is C24H26ClN3O5. The van der Waals surface area contributed by atoms with Gasteiger partial charge in [0.15, 0.2) is 6.61 Å². The number of amides is 3. The number of halogens is 1. The number of anilines is 1. The van der Waals surface area contributed by atoms with Crippen LogP contribution >= 0.6 is 11.6 Å². The van der Waals surface area contributed by atoms with Gasteiger partial charge in [0.05, 0.1) is 12.5 Å². The topological polar surface area (TPSA) is 105 Å². The maximum absolute atomic E-state index is 12.5. The molecule has 3 rings (SSSR count). The van der Waals surface area contributed by atoms with Crippen LogP contribution in [0.1, 0.15) is 43.1 Å². The van der Waals surface area contributed by atoms with Gasteiger partial charge in [0.2, 0.25) is 5.91 Å². The molecule has 9 heteroatoms. The SMILES string of the molecule is CC(C)(C)c1ccc(C(=O)NN2C[C@@H](C(=O)OCC(=O)Nc3cccc(Cl)c3)CC2=O)cc1. The molecule has 1 aliphatic rings. The van der Waals surface area contributed by atoms with E-state index in [0.717, 1.165) is 10.6 Å². The minimum Gasteiger partial charge on any atom is -0.455 e. The smallest absolute Gasteiger partial charge is 0.311 e. The first-order valence-corrected chi connectivity index (χ1v) is 10.8. The normalized spacial score (nSPS) is 15.8. The van der Waals surface area contributed by atoms with Gasteiger partial charge < -0.3 is 10.1 Å². The third-order valence-corrected chi connectivity index (χ3v) is 5.40. The Kier molecular flexibility index (Phi) is 7.38. The van der Waals surface area contributed by atoms with Gasteiger partial charge >= 0.3 is 5.97 Å². The molecule has 33 heavy (non-hydrogen) atoms. The lowest BCUT2D eigenvalue weighted by Crippen LogP contribution is -2.43. The Labute approximate surface area is 197 Å². The van der Waals surface area contributed by atoms with Gasteiger partial charge in [-0.2, -0.15) is 0 Å². The van der Waals surface area contributed by atoms with E-state index in [2.05, 4.69) is 31.5 Å². The van der Waals surface area contributed by atoms with Crippen molar-refractivity contribution in [2.45, 2.75) is 32.6 Å². The van der Waals surface area contributed by atoms with Gasteiger partial charge in [0.25, 0.3) is 11.8 Å². The average Bonchev–Trinajstić information content (AvgIpc) is 3.12. The molecule has 0 aliphatic carbocycles. The Hall–Kier alpha value is -3.39. The quantitative estimate of drug-likeness (QED) is 0.629. The zero-order valence-corrected chi connectivity index (χ0v) is 19.4. The lowest BCUT2D eigenvalue weighted by molar-refractivity contribution is -0.151. The number of rotatable bonds is 6. The number of carbonyl (C=O) groups is 4. The average molecular weight is 472 g/mol. The second-order valence-corrected chi connectivity index (χ2v) is 9.28. The summed E-state index contributed by atoms with van der Waals surface area (Å²) in [6, 6.07) is 13.7. The fourth-order valence-electron chi connectivity index (χ4n) is 3.30. The van der Waals surface area contributed by atoms with Crippen molar-refractivity contribution in [3.63, 3.8) is 0 Å². The summed E-state index contributed by atoms with van der Waals surface area (Å²) in [6.07, 6.45) is -0.113. The maximum atomic E-state index is 12.5. The number of esters is 1. The van der Waals surface area contributed by atoms with Gasteiger partial charge in [-0.05, 0) is 41.3 Å². The molecule has 1 heterocycles. The van der Waals surface area contributed by atoms with Crippen LogP contribution in [-0.4, -0.2) is 41.9 Å². The molecule has 0 bridgehead atoms. The predicted octanol–water partition coefficient (Wildman–Crippen LogP) is 3.31. The summed E-state index contributed by atoms with van der Waals surface area (Å²) in [5.41, 5.74) is 4.45. The van der Waals surface area contributed by atoms with Crippen LogP contribution in [0.15, 0.2) is 48.5 Å². The molecule has 174 valence electrons. The molecule has 0 saturated carbocycles. The van der Waals surface area contributed by atoms with Gasteiger partial charge in [0.1, 0.15) is 0 Å². The molecular weight excluding hydrogens is 446 g/mol. The monoisotopic (exact) mass is 471 g/mol. The van der Waals surface area contributed by atoms with Crippen LogP contribution in [0.5, 0.6) is 0 Å². The number of hydrazine groups is 1. The lowest BCUT2D eigenvalue weighted by atomic mass is 9.87. The summed E-state index contributed by atoms with van der Waals surface area (Å²) in [6.45, 7) is 5.70. The molecule has 2 N–H and O–H groups in total. The maximum Gasteiger partial charge on any atom is 0.311 e. The predicted molar refractivity (Wildman–Crippen MR) is 123 cm³/mol. The van der Waals surface area contributed by atoms with Crippen molar-refractivity contribution >= 4 is 41.0 Å². The minimum atomic E-state index is -0.778. The highest BCUT2D eigenvalue weighted by atomic mass is 35.5. The van der Waals surface area contributed by atoms with Crippen molar-refractivity contribution < 1.29 is 23.9 Å². The second kappa shape index (κ2) is 10.0. The Balaban J connectivity index is 1.49. The number of nitrogens with zero attached hydrogens (tertiary/aromatic N) is 1. The van der Waals surface area contributed by atoms with E-state index >= 15 is 0 Å². The molecule has 1 atom stereocenters. The molecule has 2 aromatic rings. The Morgan fingerprint density at radius 3 is 2.45 bits per heavy atom. The molecule has 3 amide bonds. The van der Waals surface area contributed by atoms with Crippen molar-refractivity contribution in [1.29, 1.82) is 0 Å². The zero-order valence-electron chi connectivity index (χ0n) is 18.7. The van der Waals surface area contributed by atoms with Gasteiger partial charge in [0, 0.05) is 22.7 Å². The molecule has 1 saturated heterocycles. The molecule has 2 aromatic carbocycles. The number of hydrogen-bond acceptors (Lipinski definition) is 5. The van der Waals surface area contributed by atoms with Crippen molar-refractivity contribution in [2.24, 2.45) is 5.92 Å². The number of benzene rings is 2. The lowest BCUT2D eigenvalue weighted by Gasteiger charge is -2.20. The molecule has 0 unspecified atom stereocenters. The van der Waals surface area contributed by atoms with Gasteiger partial charge in [-0.3, -0.25) is 29.6 Å². The van der Waals surface area contributed by atoms with E-state index in [0.29, 0.717) is 16.3 Å². The minimum absolute atomic E-state index is 0.0284. The van der Waals surface area contributed by atoms with Gasteiger partial charge in [-0.1, -0.05) is 50.6 Å². The molecule has 1 aliphatic heterocycles. The van der Waals surface area contributed by atoms with Crippen molar-refractivity contribution in [3.05, 3.63) is 64.7 Å². The first-order chi connectivity index (χ1) is 15.5. The molecule has 8 nitrogen and oxygen atoms in total. The van der Waals surface area contributed by atoms with Crippen molar-refractivity contribution in [2.75, 3.05) is 18.5 Å². The van der Waals surface area contributed by atoms with E-state index in [1.807, 2.05) is 12.1 Å². The van der Waals surface area contributed by atoms with Crippen LogP contribution in [0.25, 0.3) is 0 Å². The van der Waals surface area contributed by atoms with E-state index in [1.54, 1.807) is 36.4 Å². The van der Waals surface area contributed by atoms with E-state index in [9.17, 15) is 19.2 Å². The fraction of sp³-hybridized carbons (Fsp3) is 0.333. The highest BCUT2D eigenvalue weighted by Gasteiger charge is 2.36. The summed E-state index contributed by atoms with van der Waals surface area (Å²) >= 11 is 5.87. The summed E-state index contributed by atoms with van der Waals surface area (Å²) < 4.78 is 5.05. The summed E-state index contributed by atoms with van der Waals surface area (Å²) in [7, 11) is 0. The number of nitrogens with one attached hydrogen (secondary N) is 2. The Morgan fingerprint density at radius 2 is 1.82 bits per heavy atom.